The molecule has 1 aliphatic heterocycles. The largest absolute Gasteiger partial charge is 0.468 e. The van der Waals surface area contributed by atoms with Gasteiger partial charge in [0.2, 0.25) is 5.88 Å². The van der Waals surface area contributed by atoms with Gasteiger partial charge in [0.05, 0.1) is 28.7 Å². The van der Waals surface area contributed by atoms with Crippen molar-refractivity contribution in [2.45, 2.75) is 5.92 Å². The van der Waals surface area contributed by atoms with Gasteiger partial charge in [-0.05, 0) is 48.5 Å². The lowest BCUT2D eigenvalue weighted by molar-refractivity contribution is 0.406. The minimum atomic E-state index is -0.684. The van der Waals surface area contributed by atoms with Gasteiger partial charge in [0.15, 0.2) is 17.2 Å². The van der Waals surface area contributed by atoms with E-state index in [2.05, 4.69) is 15.1 Å². The van der Waals surface area contributed by atoms with Crippen LogP contribution in [0.1, 0.15) is 22.8 Å². The Morgan fingerprint density at radius 1 is 0.971 bits per heavy atom. The van der Waals surface area contributed by atoms with Crippen LogP contribution in [0.3, 0.4) is 0 Å². The molecule has 8 nitrogen and oxygen atoms in total. The molecule has 0 radical (unpaired) electrons. The van der Waals surface area contributed by atoms with Crippen LogP contribution in [0.25, 0.3) is 28.0 Å². The fourth-order valence-corrected chi connectivity index (χ4v) is 4.39. The molecule has 0 fully saturated rings. The Bertz CT molecular complexity index is 1770. The van der Waals surface area contributed by atoms with Crippen LogP contribution in [-0.2, 0) is 0 Å². The highest BCUT2D eigenvalue weighted by Crippen LogP contribution is 2.48. The molecule has 164 valence electrons. The quantitative estimate of drug-likeness (QED) is 0.344. The Labute approximate surface area is 189 Å². The van der Waals surface area contributed by atoms with E-state index in [1.165, 1.54) is 29.2 Å². The number of benzene rings is 2. The molecule has 1 unspecified atom stereocenters. The second-order valence-electron chi connectivity index (χ2n) is 7.85. The molecule has 6 aromatic rings. The second-order valence-corrected chi connectivity index (χ2v) is 7.85. The zero-order valence-corrected chi connectivity index (χ0v) is 17.3. The second kappa shape index (κ2) is 6.85. The Morgan fingerprint density at radius 2 is 1.82 bits per heavy atom. The molecule has 4 aromatic heterocycles. The fraction of sp³-hybridized carbons (Fsp3) is 0.0400. The SMILES string of the molecule is O=c1oc2ccccc2c2c1C(c1ccco1)c1c(ncn3nc(-c4ccc(F)cc4)nc13)O2. The average Bonchev–Trinajstić information content (AvgIpc) is 3.54. The molecule has 0 amide bonds. The van der Waals surface area contributed by atoms with E-state index in [1.807, 2.05) is 12.1 Å². The predicted octanol–water partition coefficient (Wildman–Crippen LogP) is 4.92. The number of para-hydroxylation sites is 1. The van der Waals surface area contributed by atoms with E-state index in [4.69, 9.17) is 13.6 Å². The van der Waals surface area contributed by atoms with Gasteiger partial charge in [-0.3, -0.25) is 0 Å². The van der Waals surface area contributed by atoms with Crippen LogP contribution in [0.15, 0.2) is 86.9 Å². The highest BCUT2D eigenvalue weighted by Gasteiger charge is 2.39. The van der Waals surface area contributed by atoms with Gasteiger partial charge in [0.1, 0.15) is 23.5 Å². The summed E-state index contributed by atoms with van der Waals surface area (Å²) in [4.78, 5) is 22.4. The summed E-state index contributed by atoms with van der Waals surface area (Å²) in [6.45, 7) is 0. The average molecular weight is 452 g/mol. The van der Waals surface area contributed by atoms with E-state index in [0.29, 0.717) is 50.6 Å². The van der Waals surface area contributed by atoms with E-state index >= 15 is 0 Å². The zero-order chi connectivity index (χ0) is 22.8. The van der Waals surface area contributed by atoms with Crippen molar-refractivity contribution in [3.63, 3.8) is 0 Å². The smallest absolute Gasteiger partial charge is 0.344 e. The molecule has 0 bridgehead atoms. The molecule has 2 aromatic carbocycles. The van der Waals surface area contributed by atoms with Gasteiger partial charge in [0.25, 0.3) is 0 Å². The number of fused-ring (bicyclic) bond motifs is 6. The van der Waals surface area contributed by atoms with Crippen molar-refractivity contribution in [1.29, 1.82) is 0 Å². The highest BCUT2D eigenvalue weighted by molar-refractivity contribution is 5.86. The first-order valence-corrected chi connectivity index (χ1v) is 10.5. The number of ether oxygens (including phenoxy) is 1. The first-order chi connectivity index (χ1) is 16.7. The molecule has 0 saturated heterocycles. The summed E-state index contributed by atoms with van der Waals surface area (Å²) in [6, 6.07) is 16.6. The number of rotatable bonds is 2. The van der Waals surface area contributed by atoms with E-state index in [0.717, 1.165) is 0 Å². The predicted molar refractivity (Wildman–Crippen MR) is 118 cm³/mol. The van der Waals surface area contributed by atoms with Crippen LogP contribution in [0.2, 0.25) is 0 Å². The summed E-state index contributed by atoms with van der Waals surface area (Å²) in [6.07, 6.45) is 3.03. The fourth-order valence-electron chi connectivity index (χ4n) is 4.39. The molecule has 0 aliphatic carbocycles. The molecule has 9 heteroatoms. The number of halogens is 1. The third-order valence-electron chi connectivity index (χ3n) is 5.89. The van der Waals surface area contributed by atoms with Gasteiger partial charge in [-0.15, -0.1) is 5.10 Å². The molecule has 0 saturated carbocycles. The van der Waals surface area contributed by atoms with Crippen LogP contribution in [0.5, 0.6) is 11.6 Å². The maximum absolute atomic E-state index is 13.4. The lowest BCUT2D eigenvalue weighted by Gasteiger charge is -2.25. The number of nitrogens with zero attached hydrogens (tertiary/aromatic N) is 4. The maximum Gasteiger partial charge on any atom is 0.344 e. The van der Waals surface area contributed by atoms with Crippen molar-refractivity contribution >= 4 is 16.6 Å². The minimum absolute atomic E-state index is 0.287. The van der Waals surface area contributed by atoms with Gasteiger partial charge in [-0.2, -0.15) is 0 Å². The lowest BCUT2D eigenvalue weighted by Crippen LogP contribution is -2.22. The van der Waals surface area contributed by atoms with Crippen LogP contribution in [0.4, 0.5) is 4.39 Å². The van der Waals surface area contributed by atoms with Gasteiger partial charge >= 0.3 is 5.63 Å². The third-order valence-corrected chi connectivity index (χ3v) is 5.89. The topological polar surface area (TPSA) is 95.7 Å². The van der Waals surface area contributed by atoms with Gasteiger partial charge in [-0.25, -0.2) is 23.7 Å². The van der Waals surface area contributed by atoms with Crippen molar-refractivity contribution in [3.05, 3.63) is 106 Å². The van der Waals surface area contributed by atoms with Crippen molar-refractivity contribution in [1.82, 2.24) is 19.6 Å². The first kappa shape index (κ1) is 18.8. The van der Waals surface area contributed by atoms with E-state index in [9.17, 15) is 9.18 Å². The molecular formula is C25H13FN4O4. The van der Waals surface area contributed by atoms with E-state index < -0.39 is 11.5 Å². The summed E-state index contributed by atoms with van der Waals surface area (Å²) >= 11 is 0. The van der Waals surface area contributed by atoms with Gasteiger partial charge < -0.3 is 13.6 Å². The van der Waals surface area contributed by atoms with E-state index in [-0.39, 0.29) is 11.7 Å². The molecular weight excluding hydrogens is 439 g/mol. The van der Waals surface area contributed by atoms with Crippen LogP contribution < -0.4 is 10.4 Å². The zero-order valence-electron chi connectivity index (χ0n) is 17.3. The number of aromatic nitrogens is 4. The summed E-state index contributed by atoms with van der Waals surface area (Å²) in [5, 5.41) is 5.15. The van der Waals surface area contributed by atoms with Crippen LogP contribution in [0, 0.1) is 5.82 Å². The summed E-state index contributed by atoms with van der Waals surface area (Å²) in [5.74, 6) is 0.509. The molecule has 34 heavy (non-hydrogen) atoms. The number of furan rings is 1. The summed E-state index contributed by atoms with van der Waals surface area (Å²) < 4.78 is 32.5. The molecule has 0 spiro atoms. The Kier molecular flexibility index (Phi) is 3.78. The Morgan fingerprint density at radius 3 is 2.65 bits per heavy atom. The number of hydrogen-bond donors (Lipinski definition) is 0. The maximum atomic E-state index is 13.4. The Balaban J connectivity index is 1.53. The minimum Gasteiger partial charge on any atom is -0.468 e. The van der Waals surface area contributed by atoms with Crippen LogP contribution in [-0.4, -0.2) is 19.6 Å². The van der Waals surface area contributed by atoms with Crippen molar-refractivity contribution in [3.8, 4) is 23.0 Å². The molecule has 1 aliphatic rings. The summed E-state index contributed by atoms with van der Waals surface area (Å²) in [5.41, 5.74) is 1.76. The molecule has 7 rings (SSSR count). The standard InChI is InChI=1S/C25H13FN4O4/c26-14-9-7-13(8-10-14)22-28-23-20-18(17-6-3-11-32-17)19-21(34-24(20)27-12-30(23)29-22)15-4-1-2-5-16(15)33-25(19)31/h1-12,18H. The lowest BCUT2D eigenvalue weighted by atomic mass is 9.88. The van der Waals surface area contributed by atoms with Crippen molar-refractivity contribution in [2.75, 3.05) is 0 Å². The molecule has 5 heterocycles. The third kappa shape index (κ3) is 2.64. The van der Waals surface area contributed by atoms with Crippen molar-refractivity contribution in [2.24, 2.45) is 0 Å². The van der Waals surface area contributed by atoms with Gasteiger partial charge in [0, 0.05) is 5.56 Å². The van der Waals surface area contributed by atoms with Gasteiger partial charge in [-0.1, -0.05) is 12.1 Å². The normalized spacial score (nSPS) is 14.7. The molecule has 0 N–H and O–H groups in total. The van der Waals surface area contributed by atoms with E-state index in [1.54, 1.807) is 36.4 Å². The first-order valence-electron chi connectivity index (χ1n) is 10.5. The Hall–Kier alpha value is -4.79. The summed E-state index contributed by atoms with van der Waals surface area (Å²) in [7, 11) is 0. The monoisotopic (exact) mass is 452 g/mol. The highest BCUT2D eigenvalue weighted by atomic mass is 19.1. The molecule has 1 atom stereocenters. The van der Waals surface area contributed by atoms with Crippen molar-refractivity contribution < 1.29 is 18.0 Å². The van der Waals surface area contributed by atoms with Crippen LogP contribution >= 0.6 is 0 Å². The number of hydrogen-bond acceptors (Lipinski definition) is 7.